The average molecular weight is 264 g/mol. The summed E-state index contributed by atoms with van der Waals surface area (Å²) in [5.41, 5.74) is 1.13. The van der Waals surface area contributed by atoms with Crippen molar-refractivity contribution in [2.24, 2.45) is 0 Å². The number of halogens is 3. The second-order valence-electron chi connectivity index (χ2n) is 3.93. The number of benzene rings is 1. The number of hydrogen-bond acceptors (Lipinski definition) is 2. The van der Waals surface area contributed by atoms with Gasteiger partial charge in [-0.1, -0.05) is 17.7 Å². The summed E-state index contributed by atoms with van der Waals surface area (Å²) in [7, 11) is 0. The molecular weight excluding hydrogens is 249 g/mol. The van der Waals surface area contributed by atoms with Crippen LogP contribution in [-0.2, 0) is 0 Å². The lowest BCUT2D eigenvalue weighted by Crippen LogP contribution is -2.16. The van der Waals surface area contributed by atoms with Crippen molar-refractivity contribution in [1.82, 2.24) is 0 Å². The first-order chi connectivity index (χ1) is 7.87. The highest BCUT2D eigenvalue weighted by molar-refractivity contribution is 7.99. The molecule has 0 aromatic heterocycles. The molecular formula is C12H15F3OS. The SMILES string of the molecule is Cc1ccc(SCC(O)CCC(F)(F)F)cc1. The summed E-state index contributed by atoms with van der Waals surface area (Å²) < 4.78 is 35.7. The summed E-state index contributed by atoms with van der Waals surface area (Å²) in [5, 5.41) is 9.41. The number of aryl methyl sites for hydroxylation is 1. The van der Waals surface area contributed by atoms with E-state index in [4.69, 9.17) is 0 Å². The van der Waals surface area contributed by atoms with Gasteiger partial charge in [-0.05, 0) is 25.5 Å². The number of hydrogen-bond donors (Lipinski definition) is 1. The molecule has 0 aliphatic rings. The van der Waals surface area contributed by atoms with Gasteiger partial charge in [-0.3, -0.25) is 0 Å². The normalized spacial score (nSPS) is 13.7. The molecule has 1 N–H and O–H groups in total. The molecule has 1 aromatic rings. The molecule has 1 aromatic carbocycles. The van der Waals surface area contributed by atoms with E-state index in [1.165, 1.54) is 11.8 Å². The maximum absolute atomic E-state index is 11.9. The van der Waals surface area contributed by atoms with Gasteiger partial charge in [0.2, 0.25) is 0 Å². The average Bonchev–Trinajstić information content (AvgIpc) is 2.25. The molecule has 0 bridgehead atoms. The second kappa shape index (κ2) is 6.31. The molecule has 1 nitrogen and oxygen atoms in total. The van der Waals surface area contributed by atoms with E-state index in [0.717, 1.165) is 10.5 Å². The monoisotopic (exact) mass is 264 g/mol. The first kappa shape index (κ1) is 14.4. The first-order valence-corrected chi connectivity index (χ1v) is 6.29. The van der Waals surface area contributed by atoms with E-state index in [1.807, 2.05) is 31.2 Å². The van der Waals surface area contributed by atoms with Crippen molar-refractivity contribution in [2.75, 3.05) is 5.75 Å². The summed E-state index contributed by atoms with van der Waals surface area (Å²) in [6, 6.07) is 7.67. The van der Waals surface area contributed by atoms with Crippen LogP contribution < -0.4 is 0 Å². The molecule has 1 unspecified atom stereocenters. The van der Waals surface area contributed by atoms with Crippen LogP contribution in [0.3, 0.4) is 0 Å². The third kappa shape index (κ3) is 6.58. The molecule has 5 heteroatoms. The van der Waals surface area contributed by atoms with E-state index >= 15 is 0 Å². The molecule has 1 rings (SSSR count). The number of aliphatic hydroxyl groups is 1. The Morgan fingerprint density at radius 2 is 1.82 bits per heavy atom. The number of thioether (sulfide) groups is 1. The molecule has 1 atom stereocenters. The van der Waals surface area contributed by atoms with Gasteiger partial charge in [-0.15, -0.1) is 11.8 Å². The highest BCUT2D eigenvalue weighted by Crippen LogP contribution is 2.25. The molecule has 0 aliphatic carbocycles. The van der Waals surface area contributed by atoms with Crippen molar-refractivity contribution in [2.45, 2.75) is 36.9 Å². The summed E-state index contributed by atoms with van der Waals surface area (Å²) in [6.45, 7) is 1.96. The van der Waals surface area contributed by atoms with Gasteiger partial charge in [0.25, 0.3) is 0 Å². The summed E-state index contributed by atoms with van der Waals surface area (Å²) >= 11 is 1.37. The zero-order chi connectivity index (χ0) is 12.9. The minimum atomic E-state index is -4.19. The maximum Gasteiger partial charge on any atom is 0.389 e. The van der Waals surface area contributed by atoms with Crippen molar-refractivity contribution >= 4 is 11.8 Å². The fourth-order valence-electron chi connectivity index (χ4n) is 1.24. The van der Waals surface area contributed by atoms with E-state index in [2.05, 4.69) is 0 Å². The van der Waals surface area contributed by atoms with E-state index in [1.54, 1.807) is 0 Å². The Bertz CT molecular complexity index is 335. The third-order valence-electron chi connectivity index (χ3n) is 2.22. The Morgan fingerprint density at radius 1 is 1.24 bits per heavy atom. The molecule has 0 aliphatic heterocycles. The molecule has 0 spiro atoms. The van der Waals surface area contributed by atoms with Gasteiger partial charge in [0.05, 0.1) is 6.10 Å². The highest BCUT2D eigenvalue weighted by atomic mass is 32.2. The standard InChI is InChI=1S/C12H15F3OS/c1-9-2-4-11(5-3-9)17-8-10(16)6-7-12(13,14)15/h2-5,10,16H,6-8H2,1H3. The third-order valence-corrected chi connectivity index (χ3v) is 3.38. The van der Waals surface area contributed by atoms with Gasteiger partial charge < -0.3 is 5.11 Å². The van der Waals surface area contributed by atoms with Crippen LogP contribution in [0.5, 0.6) is 0 Å². The number of rotatable bonds is 5. The van der Waals surface area contributed by atoms with Crippen LogP contribution in [-0.4, -0.2) is 23.1 Å². The Balaban J connectivity index is 2.28. The smallest absolute Gasteiger partial charge is 0.389 e. The molecule has 17 heavy (non-hydrogen) atoms. The minimum Gasteiger partial charge on any atom is -0.392 e. The zero-order valence-electron chi connectivity index (χ0n) is 9.50. The fraction of sp³-hybridized carbons (Fsp3) is 0.500. The van der Waals surface area contributed by atoms with E-state index in [0.29, 0.717) is 5.75 Å². The fourth-order valence-corrected chi connectivity index (χ4v) is 2.12. The lowest BCUT2D eigenvalue weighted by Gasteiger charge is -2.11. The van der Waals surface area contributed by atoms with E-state index in [9.17, 15) is 18.3 Å². The van der Waals surface area contributed by atoms with Crippen molar-refractivity contribution in [3.05, 3.63) is 29.8 Å². The Hall–Kier alpha value is -0.680. The number of alkyl halides is 3. The van der Waals surface area contributed by atoms with Crippen LogP contribution in [0.1, 0.15) is 18.4 Å². The van der Waals surface area contributed by atoms with Crippen LogP contribution in [0.25, 0.3) is 0 Å². The van der Waals surface area contributed by atoms with Crippen molar-refractivity contribution in [3.8, 4) is 0 Å². The quantitative estimate of drug-likeness (QED) is 0.816. The predicted octanol–water partition coefficient (Wildman–Crippen LogP) is 3.79. The van der Waals surface area contributed by atoms with Crippen LogP contribution in [0.2, 0.25) is 0 Å². The van der Waals surface area contributed by atoms with Crippen LogP contribution >= 0.6 is 11.8 Å². The summed E-state index contributed by atoms with van der Waals surface area (Å²) in [4.78, 5) is 0.960. The van der Waals surface area contributed by atoms with E-state index < -0.39 is 18.7 Å². The van der Waals surface area contributed by atoms with Crippen LogP contribution in [0, 0.1) is 6.92 Å². The Labute approximate surface area is 103 Å². The summed E-state index contributed by atoms with van der Waals surface area (Å²) in [5.74, 6) is 0.291. The first-order valence-electron chi connectivity index (χ1n) is 5.31. The second-order valence-corrected chi connectivity index (χ2v) is 5.03. The molecule has 0 saturated heterocycles. The molecule has 0 saturated carbocycles. The van der Waals surface area contributed by atoms with Gasteiger partial charge in [-0.25, -0.2) is 0 Å². The van der Waals surface area contributed by atoms with E-state index in [-0.39, 0.29) is 6.42 Å². The lowest BCUT2D eigenvalue weighted by molar-refractivity contribution is -0.139. The Morgan fingerprint density at radius 3 is 2.35 bits per heavy atom. The zero-order valence-corrected chi connectivity index (χ0v) is 10.3. The van der Waals surface area contributed by atoms with Crippen molar-refractivity contribution in [3.63, 3.8) is 0 Å². The predicted molar refractivity (Wildman–Crippen MR) is 63.2 cm³/mol. The lowest BCUT2D eigenvalue weighted by atomic mass is 10.2. The van der Waals surface area contributed by atoms with Gasteiger partial charge in [0, 0.05) is 17.1 Å². The Kier molecular flexibility index (Phi) is 5.33. The van der Waals surface area contributed by atoms with Crippen LogP contribution in [0.15, 0.2) is 29.2 Å². The minimum absolute atomic E-state index is 0.234. The maximum atomic E-state index is 11.9. The van der Waals surface area contributed by atoms with Gasteiger partial charge >= 0.3 is 6.18 Å². The van der Waals surface area contributed by atoms with Crippen molar-refractivity contribution in [1.29, 1.82) is 0 Å². The molecule has 0 radical (unpaired) electrons. The highest BCUT2D eigenvalue weighted by Gasteiger charge is 2.27. The largest absolute Gasteiger partial charge is 0.392 e. The van der Waals surface area contributed by atoms with Gasteiger partial charge in [0.1, 0.15) is 0 Å². The molecule has 0 heterocycles. The molecule has 0 fully saturated rings. The number of aliphatic hydroxyl groups excluding tert-OH is 1. The van der Waals surface area contributed by atoms with Crippen molar-refractivity contribution < 1.29 is 18.3 Å². The van der Waals surface area contributed by atoms with Gasteiger partial charge in [0.15, 0.2) is 0 Å². The van der Waals surface area contributed by atoms with Gasteiger partial charge in [-0.2, -0.15) is 13.2 Å². The topological polar surface area (TPSA) is 20.2 Å². The molecule has 96 valence electrons. The molecule has 0 amide bonds. The van der Waals surface area contributed by atoms with Crippen LogP contribution in [0.4, 0.5) is 13.2 Å². The summed E-state index contributed by atoms with van der Waals surface area (Å²) in [6.07, 6.45) is -6.26.